The highest BCUT2D eigenvalue weighted by Crippen LogP contribution is 2.61. The van der Waals surface area contributed by atoms with Gasteiger partial charge in [0.2, 0.25) is 5.91 Å². The number of rotatable bonds is 4. The van der Waals surface area contributed by atoms with E-state index in [4.69, 9.17) is 11.6 Å². The van der Waals surface area contributed by atoms with E-state index < -0.39 is 0 Å². The van der Waals surface area contributed by atoms with Crippen LogP contribution in [-0.4, -0.2) is 11.9 Å². The Morgan fingerprint density at radius 3 is 2.30 bits per heavy atom. The first-order valence-electron chi connectivity index (χ1n) is 9.07. The van der Waals surface area contributed by atoms with Gasteiger partial charge in [-0.05, 0) is 80.2 Å². The van der Waals surface area contributed by atoms with Gasteiger partial charge in [0.1, 0.15) is 0 Å². The maximum absolute atomic E-state index is 12.5. The molecule has 1 atom stereocenters. The molecule has 1 N–H and O–H groups in total. The molecule has 4 fully saturated rings. The lowest BCUT2D eigenvalue weighted by atomic mass is 9.48. The summed E-state index contributed by atoms with van der Waals surface area (Å²) in [5.74, 6) is 2.87. The highest BCUT2D eigenvalue weighted by Gasteiger charge is 2.53. The topological polar surface area (TPSA) is 29.1 Å². The lowest BCUT2D eigenvalue weighted by Crippen LogP contribution is -2.56. The summed E-state index contributed by atoms with van der Waals surface area (Å²) in [4.78, 5) is 12.5. The van der Waals surface area contributed by atoms with Crippen molar-refractivity contribution in [3.63, 3.8) is 0 Å². The van der Waals surface area contributed by atoms with Gasteiger partial charge in [-0.1, -0.05) is 29.8 Å². The minimum Gasteiger partial charge on any atom is -0.353 e. The van der Waals surface area contributed by atoms with Crippen LogP contribution in [0.15, 0.2) is 24.3 Å². The van der Waals surface area contributed by atoms with Gasteiger partial charge in [-0.2, -0.15) is 0 Å². The fourth-order valence-electron chi connectivity index (χ4n) is 5.97. The van der Waals surface area contributed by atoms with E-state index in [-0.39, 0.29) is 11.9 Å². The first kappa shape index (κ1) is 15.5. The molecule has 1 aromatic rings. The number of benzene rings is 1. The molecule has 4 aliphatic carbocycles. The largest absolute Gasteiger partial charge is 0.353 e. The first-order chi connectivity index (χ1) is 11.0. The van der Waals surface area contributed by atoms with Crippen molar-refractivity contribution >= 4 is 17.5 Å². The molecule has 0 saturated heterocycles. The third-order valence-corrected chi connectivity index (χ3v) is 7.06. The number of carbonyl (C=O) groups excluding carboxylic acids is 1. The Labute approximate surface area is 144 Å². The third-order valence-electron chi connectivity index (χ3n) is 6.69. The summed E-state index contributed by atoms with van der Waals surface area (Å²) in [7, 11) is 0. The molecule has 0 aliphatic heterocycles. The normalized spacial score (nSPS) is 36.0. The van der Waals surface area contributed by atoms with Crippen molar-refractivity contribution in [2.45, 2.75) is 57.9 Å². The van der Waals surface area contributed by atoms with E-state index in [0.717, 1.165) is 23.3 Å². The molecule has 0 aromatic heterocycles. The van der Waals surface area contributed by atoms with Crippen molar-refractivity contribution in [2.75, 3.05) is 0 Å². The number of hydrogen-bond donors (Lipinski definition) is 1. The average Bonchev–Trinajstić information content (AvgIpc) is 2.48. The van der Waals surface area contributed by atoms with Gasteiger partial charge in [0.15, 0.2) is 0 Å². The predicted octanol–water partition coefficient (Wildman–Crippen LogP) is 4.60. The number of amides is 1. The Balaban J connectivity index is 1.43. The molecule has 124 valence electrons. The molecule has 4 bridgehead atoms. The second kappa shape index (κ2) is 5.81. The van der Waals surface area contributed by atoms with Crippen molar-refractivity contribution in [1.82, 2.24) is 5.32 Å². The Bertz CT molecular complexity index is 576. The summed E-state index contributed by atoms with van der Waals surface area (Å²) in [5.41, 5.74) is 1.29. The van der Waals surface area contributed by atoms with Gasteiger partial charge in [-0.25, -0.2) is 0 Å². The maximum Gasteiger partial charge on any atom is 0.224 e. The minimum absolute atomic E-state index is 0.112. The van der Waals surface area contributed by atoms with Gasteiger partial charge in [0, 0.05) is 11.1 Å². The predicted molar refractivity (Wildman–Crippen MR) is 93.4 cm³/mol. The number of nitrogens with one attached hydrogen (secondary N) is 1. The highest BCUT2D eigenvalue weighted by molar-refractivity contribution is 6.31. The summed E-state index contributed by atoms with van der Waals surface area (Å²) < 4.78 is 0. The van der Waals surface area contributed by atoms with Crippen molar-refractivity contribution in [2.24, 2.45) is 23.2 Å². The molecular weight excluding hydrogens is 306 g/mol. The SMILES string of the molecule is C[C@H](NC(=O)Cc1ccccc1Cl)C12CC3CC(CC(C3)C1)C2. The number of halogens is 1. The minimum atomic E-state index is 0.112. The molecule has 5 rings (SSSR count). The van der Waals surface area contributed by atoms with Crippen molar-refractivity contribution in [3.8, 4) is 0 Å². The Hall–Kier alpha value is -1.02. The van der Waals surface area contributed by atoms with Gasteiger partial charge >= 0.3 is 0 Å². The molecule has 2 nitrogen and oxygen atoms in total. The van der Waals surface area contributed by atoms with Crippen LogP contribution in [0.25, 0.3) is 0 Å². The van der Waals surface area contributed by atoms with Crippen LogP contribution in [0.1, 0.15) is 51.0 Å². The van der Waals surface area contributed by atoms with Crippen LogP contribution in [-0.2, 0) is 11.2 Å². The quantitative estimate of drug-likeness (QED) is 0.858. The van der Waals surface area contributed by atoms with E-state index in [1.54, 1.807) is 0 Å². The molecule has 1 amide bonds. The summed E-state index contributed by atoms with van der Waals surface area (Å²) in [6.45, 7) is 2.23. The molecular formula is C20H26ClNO. The molecule has 23 heavy (non-hydrogen) atoms. The zero-order chi connectivity index (χ0) is 16.0. The van der Waals surface area contributed by atoms with Crippen LogP contribution in [0, 0.1) is 23.2 Å². The number of carbonyl (C=O) groups is 1. The van der Waals surface area contributed by atoms with Crippen LogP contribution in [0.4, 0.5) is 0 Å². The van der Waals surface area contributed by atoms with Crippen molar-refractivity contribution in [3.05, 3.63) is 34.9 Å². The monoisotopic (exact) mass is 331 g/mol. The van der Waals surface area contributed by atoms with Gasteiger partial charge in [-0.15, -0.1) is 0 Å². The molecule has 0 spiro atoms. The van der Waals surface area contributed by atoms with Crippen LogP contribution in [0.5, 0.6) is 0 Å². The molecule has 0 radical (unpaired) electrons. The van der Waals surface area contributed by atoms with Crippen LogP contribution in [0.3, 0.4) is 0 Å². The summed E-state index contributed by atoms with van der Waals surface area (Å²) in [6, 6.07) is 7.92. The maximum atomic E-state index is 12.5. The second-order valence-corrected chi connectivity index (χ2v) is 8.74. The van der Waals surface area contributed by atoms with Crippen molar-refractivity contribution < 1.29 is 4.79 Å². The van der Waals surface area contributed by atoms with Crippen LogP contribution in [0.2, 0.25) is 5.02 Å². The van der Waals surface area contributed by atoms with Gasteiger partial charge < -0.3 is 5.32 Å². The second-order valence-electron chi connectivity index (χ2n) is 8.34. The molecule has 1 aromatic carbocycles. The average molecular weight is 332 g/mol. The zero-order valence-electron chi connectivity index (χ0n) is 13.9. The van der Waals surface area contributed by atoms with E-state index in [2.05, 4.69) is 12.2 Å². The van der Waals surface area contributed by atoms with E-state index in [1.165, 1.54) is 38.5 Å². The Kier molecular flexibility index (Phi) is 3.91. The number of hydrogen-bond acceptors (Lipinski definition) is 1. The van der Waals surface area contributed by atoms with E-state index in [1.807, 2.05) is 24.3 Å². The van der Waals surface area contributed by atoms with Gasteiger partial charge in [0.05, 0.1) is 6.42 Å². The smallest absolute Gasteiger partial charge is 0.224 e. The summed E-state index contributed by atoms with van der Waals surface area (Å²) in [5, 5.41) is 4.00. The highest BCUT2D eigenvalue weighted by atomic mass is 35.5. The van der Waals surface area contributed by atoms with E-state index in [0.29, 0.717) is 16.9 Å². The lowest BCUT2D eigenvalue weighted by molar-refractivity contribution is -0.125. The van der Waals surface area contributed by atoms with E-state index in [9.17, 15) is 4.79 Å². The van der Waals surface area contributed by atoms with Gasteiger partial charge in [0.25, 0.3) is 0 Å². The fraction of sp³-hybridized carbons (Fsp3) is 0.650. The molecule has 4 aliphatic rings. The van der Waals surface area contributed by atoms with E-state index >= 15 is 0 Å². The van der Waals surface area contributed by atoms with Gasteiger partial charge in [-0.3, -0.25) is 4.79 Å². The summed E-state index contributed by atoms with van der Waals surface area (Å²) in [6.07, 6.45) is 8.70. The lowest BCUT2D eigenvalue weighted by Gasteiger charge is -2.59. The van der Waals surface area contributed by atoms with Crippen LogP contribution >= 0.6 is 11.6 Å². The third kappa shape index (κ3) is 2.91. The molecule has 4 saturated carbocycles. The molecule has 0 unspecified atom stereocenters. The van der Waals surface area contributed by atoms with Crippen LogP contribution < -0.4 is 5.32 Å². The zero-order valence-corrected chi connectivity index (χ0v) is 14.6. The standard InChI is InChI=1S/C20H26ClNO/c1-13(22-19(23)9-17-4-2-3-5-18(17)21)20-10-14-6-15(11-20)8-16(7-14)12-20/h2-5,13-16H,6-12H2,1H3,(H,22,23)/t13-,14?,15?,16?,20?/m0/s1. The van der Waals surface area contributed by atoms with Crippen molar-refractivity contribution in [1.29, 1.82) is 0 Å². The fourth-order valence-corrected chi connectivity index (χ4v) is 6.17. The Morgan fingerprint density at radius 1 is 1.17 bits per heavy atom. The molecule has 0 heterocycles. The summed E-state index contributed by atoms with van der Waals surface area (Å²) >= 11 is 6.18. The molecule has 3 heteroatoms. The Morgan fingerprint density at radius 2 is 1.74 bits per heavy atom. The first-order valence-corrected chi connectivity index (χ1v) is 9.45.